The Balaban J connectivity index is 1.91. The van der Waals surface area contributed by atoms with Crippen LogP contribution < -0.4 is 11.3 Å². The molecule has 0 spiro atoms. The Bertz CT molecular complexity index is 1580. The summed E-state index contributed by atoms with van der Waals surface area (Å²) in [7, 11) is 0. The van der Waals surface area contributed by atoms with E-state index >= 15 is 0 Å². The van der Waals surface area contributed by atoms with E-state index in [1.165, 1.54) is 47.7 Å². The molecule has 0 saturated heterocycles. The van der Waals surface area contributed by atoms with Crippen molar-refractivity contribution in [1.29, 1.82) is 0 Å². The van der Waals surface area contributed by atoms with Gasteiger partial charge in [-0.1, -0.05) is 23.2 Å². The van der Waals surface area contributed by atoms with Gasteiger partial charge in [0.15, 0.2) is 0 Å². The first kappa shape index (κ1) is 22.0. The van der Waals surface area contributed by atoms with Crippen LogP contribution in [0.5, 0.6) is 11.5 Å². The second kappa shape index (κ2) is 8.22. The number of rotatable bonds is 3. The molecule has 0 fully saturated rings. The molecule has 0 aliphatic carbocycles. The third kappa shape index (κ3) is 3.73. The lowest BCUT2D eigenvalue weighted by Gasteiger charge is -2.18. The molecule has 0 saturated carbocycles. The van der Waals surface area contributed by atoms with Crippen LogP contribution in [0, 0.1) is 0 Å². The number of fused-ring (bicyclic) bond motifs is 2. The highest BCUT2D eigenvalue weighted by atomic mass is 79.9. The fourth-order valence-corrected chi connectivity index (χ4v) is 5.67. The number of hydrogen-bond donors (Lipinski definition) is 2. The summed E-state index contributed by atoms with van der Waals surface area (Å²) in [6.07, 6.45) is 0. The Kier molecular flexibility index (Phi) is 5.49. The zero-order valence-electron chi connectivity index (χ0n) is 16.3. The van der Waals surface area contributed by atoms with Gasteiger partial charge in [0.25, 0.3) is 0 Å². The van der Waals surface area contributed by atoms with Crippen molar-refractivity contribution in [3.05, 3.63) is 99.2 Å². The highest BCUT2D eigenvalue weighted by Gasteiger charge is 2.33. The van der Waals surface area contributed by atoms with E-state index in [9.17, 15) is 19.8 Å². The topological polar surface area (TPSA) is 101 Å². The Morgan fingerprint density at radius 1 is 0.818 bits per heavy atom. The quantitative estimate of drug-likeness (QED) is 0.238. The van der Waals surface area contributed by atoms with E-state index < -0.39 is 28.7 Å². The Morgan fingerprint density at radius 2 is 1.30 bits per heavy atom. The zero-order chi connectivity index (χ0) is 23.4. The third-order valence-electron chi connectivity index (χ3n) is 5.20. The fourth-order valence-electron chi connectivity index (χ4n) is 3.76. The lowest BCUT2D eigenvalue weighted by molar-refractivity contribution is 0.442. The number of hydrogen-bond acceptors (Lipinski definition) is 7. The maximum Gasteiger partial charge on any atom is 0.344 e. The van der Waals surface area contributed by atoms with Crippen LogP contribution in [0.2, 0.25) is 10.0 Å². The van der Waals surface area contributed by atoms with Crippen molar-refractivity contribution in [2.24, 2.45) is 0 Å². The SMILES string of the molecule is O=c1oc2ccc(Cl)cc2c(O)c1C(c1cc(Br)cs1)c1c(O)c2cc(Cl)ccc2oc1=O. The van der Waals surface area contributed by atoms with Gasteiger partial charge in [0.2, 0.25) is 0 Å². The lowest BCUT2D eigenvalue weighted by atomic mass is 9.89. The molecule has 166 valence electrons. The monoisotopic (exact) mass is 564 g/mol. The minimum absolute atomic E-state index is 0.123. The number of thiophene rings is 1. The summed E-state index contributed by atoms with van der Waals surface area (Å²) >= 11 is 16.7. The molecule has 6 nitrogen and oxygen atoms in total. The number of halogens is 3. The van der Waals surface area contributed by atoms with Gasteiger partial charge < -0.3 is 19.0 Å². The lowest BCUT2D eigenvalue weighted by Crippen LogP contribution is -2.20. The molecule has 5 aromatic rings. The highest BCUT2D eigenvalue weighted by Crippen LogP contribution is 2.44. The summed E-state index contributed by atoms with van der Waals surface area (Å²) in [6, 6.07) is 10.5. The van der Waals surface area contributed by atoms with Crippen LogP contribution in [0.1, 0.15) is 21.9 Å². The molecule has 0 amide bonds. The molecule has 33 heavy (non-hydrogen) atoms. The van der Waals surface area contributed by atoms with E-state index in [0.29, 0.717) is 19.4 Å². The fraction of sp³-hybridized carbons (Fsp3) is 0.0435. The van der Waals surface area contributed by atoms with Gasteiger partial charge in [-0.3, -0.25) is 0 Å². The molecule has 0 bridgehead atoms. The first-order valence-electron chi connectivity index (χ1n) is 9.39. The second-order valence-electron chi connectivity index (χ2n) is 7.18. The van der Waals surface area contributed by atoms with E-state index in [1.54, 1.807) is 11.4 Å². The molecule has 2 N–H and O–H groups in total. The first-order chi connectivity index (χ1) is 15.7. The van der Waals surface area contributed by atoms with Crippen molar-refractivity contribution < 1.29 is 19.0 Å². The van der Waals surface area contributed by atoms with Crippen LogP contribution in [0.3, 0.4) is 0 Å². The van der Waals surface area contributed by atoms with Crippen LogP contribution in [-0.2, 0) is 0 Å². The molecule has 10 heteroatoms. The van der Waals surface area contributed by atoms with Crippen molar-refractivity contribution in [2.45, 2.75) is 5.92 Å². The van der Waals surface area contributed by atoms with Crippen molar-refractivity contribution >= 4 is 72.4 Å². The van der Waals surface area contributed by atoms with Gasteiger partial charge in [-0.15, -0.1) is 11.3 Å². The maximum atomic E-state index is 13.1. The summed E-state index contributed by atoms with van der Waals surface area (Å²) in [6.45, 7) is 0. The molecule has 3 heterocycles. The van der Waals surface area contributed by atoms with Crippen LogP contribution in [0.4, 0.5) is 0 Å². The Hall–Kier alpha value is -2.78. The molecular weight excluding hydrogens is 555 g/mol. The molecule has 3 aromatic heterocycles. The summed E-state index contributed by atoms with van der Waals surface area (Å²) in [5, 5.41) is 25.0. The average molecular weight is 566 g/mol. The summed E-state index contributed by atoms with van der Waals surface area (Å²) < 4.78 is 11.5. The molecule has 2 aromatic carbocycles. The van der Waals surface area contributed by atoms with E-state index in [4.69, 9.17) is 32.0 Å². The average Bonchev–Trinajstić information content (AvgIpc) is 3.19. The van der Waals surface area contributed by atoms with Crippen LogP contribution in [0.15, 0.2) is 70.7 Å². The van der Waals surface area contributed by atoms with Gasteiger partial charge >= 0.3 is 11.3 Å². The van der Waals surface area contributed by atoms with Gasteiger partial charge in [0, 0.05) is 24.8 Å². The van der Waals surface area contributed by atoms with E-state index in [2.05, 4.69) is 15.9 Å². The van der Waals surface area contributed by atoms with Gasteiger partial charge in [0.1, 0.15) is 22.7 Å². The third-order valence-corrected chi connectivity index (χ3v) is 7.43. The minimum Gasteiger partial charge on any atom is -0.507 e. The van der Waals surface area contributed by atoms with Crippen LogP contribution >= 0.6 is 50.5 Å². The summed E-state index contributed by atoms with van der Waals surface area (Å²) in [5.41, 5.74) is -1.97. The molecular formula is C23H11BrCl2O6S. The Morgan fingerprint density at radius 3 is 1.73 bits per heavy atom. The predicted octanol–water partition coefficient (Wildman–Crippen LogP) is 6.62. The first-order valence-corrected chi connectivity index (χ1v) is 11.8. The smallest absolute Gasteiger partial charge is 0.344 e. The molecule has 0 aliphatic rings. The van der Waals surface area contributed by atoms with E-state index in [1.807, 2.05) is 0 Å². The molecule has 0 radical (unpaired) electrons. The maximum absolute atomic E-state index is 13.1. The minimum atomic E-state index is -1.19. The number of benzene rings is 2. The second-order valence-corrected chi connectivity index (χ2v) is 9.92. The molecule has 0 unspecified atom stereocenters. The summed E-state index contributed by atoms with van der Waals surface area (Å²) in [4.78, 5) is 26.6. The highest BCUT2D eigenvalue weighted by molar-refractivity contribution is 9.10. The molecule has 0 atom stereocenters. The van der Waals surface area contributed by atoms with Gasteiger partial charge in [-0.2, -0.15) is 0 Å². The van der Waals surface area contributed by atoms with E-state index in [-0.39, 0.29) is 33.1 Å². The number of aromatic hydroxyl groups is 2. The van der Waals surface area contributed by atoms with Crippen molar-refractivity contribution in [3.8, 4) is 11.5 Å². The van der Waals surface area contributed by atoms with Gasteiger partial charge in [-0.05, 0) is 58.4 Å². The summed E-state index contributed by atoms with van der Waals surface area (Å²) in [5.74, 6) is -2.02. The predicted molar refractivity (Wildman–Crippen MR) is 131 cm³/mol. The van der Waals surface area contributed by atoms with Gasteiger partial charge in [0.05, 0.1) is 27.8 Å². The van der Waals surface area contributed by atoms with Crippen LogP contribution in [0.25, 0.3) is 21.9 Å². The molecule has 5 rings (SSSR count). The van der Waals surface area contributed by atoms with E-state index in [0.717, 1.165) is 0 Å². The van der Waals surface area contributed by atoms with Crippen LogP contribution in [-0.4, -0.2) is 10.2 Å². The van der Waals surface area contributed by atoms with Crippen molar-refractivity contribution in [2.75, 3.05) is 0 Å². The molecule has 0 aliphatic heterocycles. The largest absolute Gasteiger partial charge is 0.507 e. The Labute approximate surface area is 207 Å². The standard InChI is InChI=1S/C23H11BrCl2O6S/c24-9-5-16(33-8-9)17(18-20(27)12-6-10(25)1-3-14(12)31-22(18)29)19-21(28)13-7-11(26)2-4-15(13)32-23(19)30/h1-8,17,27-28H. The zero-order valence-corrected chi connectivity index (χ0v) is 20.2. The normalized spacial score (nSPS) is 11.6. The van der Waals surface area contributed by atoms with Crippen molar-refractivity contribution in [3.63, 3.8) is 0 Å². The van der Waals surface area contributed by atoms with Crippen molar-refractivity contribution in [1.82, 2.24) is 0 Å². The van der Waals surface area contributed by atoms with Gasteiger partial charge in [-0.25, -0.2) is 9.59 Å².